The summed E-state index contributed by atoms with van der Waals surface area (Å²) in [4.78, 5) is 20.7. The molecule has 5 rings (SSSR count). The lowest BCUT2D eigenvalue weighted by molar-refractivity contribution is -0.115. The number of carbonyl (C=O) groups excluding carboxylic acids is 1. The fourth-order valence-electron chi connectivity index (χ4n) is 3.95. The zero-order valence-corrected chi connectivity index (χ0v) is 19.4. The zero-order valence-electron chi connectivity index (χ0n) is 17.7. The lowest BCUT2D eigenvalue weighted by Gasteiger charge is -2.07. The van der Waals surface area contributed by atoms with Crippen LogP contribution >= 0.6 is 22.7 Å². The lowest BCUT2D eigenvalue weighted by atomic mass is 10.0. The average molecular weight is 479 g/mol. The van der Waals surface area contributed by atoms with Crippen LogP contribution in [0.3, 0.4) is 0 Å². The van der Waals surface area contributed by atoms with E-state index < -0.39 is 0 Å². The molecule has 1 aliphatic carbocycles. The van der Waals surface area contributed by atoms with Crippen LogP contribution in [0, 0.1) is 5.92 Å². The van der Waals surface area contributed by atoms with Gasteiger partial charge in [-0.15, -0.1) is 20.4 Å². The van der Waals surface area contributed by atoms with Gasteiger partial charge in [0.05, 0.1) is 6.42 Å². The maximum absolute atomic E-state index is 12.2. The smallest absolute Gasteiger partial charge is 0.232 e. The number of hydrogen-bond donors (Lipinski definition) is 2. The van der Waals surface area contributed by atoms with Gasteiger partial charge in [0, 0.05) is 30.4 Å². The summed E-state index contributed by atoms with van der Waals surface area (Å²) in [7, 11) is 0. The first-order valence-electron chi connectivity index (χ1n) is 10.7. The molecule has 2 atom stereocenters. The number of hydrogen-bond acceptors (Lipinski definition) is 10. The van der Waals surface area contributed by atoms with Gasteiger partial charge in [-0.3, -0.25) is 9.78 Å². The summed E-state index contributed by atoms with van der Waals surface area (Å²) >= 11 is 3.04. The molecule has 0 radical (unpaired) electrons. The van der Waals surface area contributed by atoms with E-state index in [0.29, 0.717) is 17.0 Å². The molecule has 1 aliphatic rings. The number of anilines is 3. The molecule has 0 spiro atoms. The van der Waals surface area contributed by atoms with Crippen molar-refractivity contribution < 1.29 is 4.79 Å². The number of rotatable bonds is 8. The molecule has 0 saturated heterocycles. The molecule has 1 amide bonds. The fourth-order valence-corrected chi connectivity index (χ4v) is 5.71. The molecule has 33 heavy (non-hydrogen) atoms. The summed E-state index contributed by atoms with van der Waals surface area (Å²) in [5.41, 5.74) is 0.729. The molecule has 1 fully saturated rings. The SMILES string of the molecule is O=C(Cc1ccccn1)Nc1nnc(CC2CC[C@H](c3nnc(Nc4ccccn4)s3)C2)s1. The van der Waals surface area contributed by atoms with Crippen LogP contribution < -0.4 is 10.6 Å². The number of aromatic nitrogens is 6. The molecular weight excluding hydrogens is 456 g/mol. The Kier molecular flexibility index (Phi) is 6.58. The highest BCUT2D eigenvalue weighted by Gasteiger charge is 2.29. The molecule has 0 aliphatic heterocycles. The second kappa shape index (κ2) is 10.1. The Labute approximate surface area is 198 Å². The number of amides is 1. The quantitative estimate of drug-likeness (QED) is 0.386. The van der Waals surface area contributed by atoms with E-state index in [1.165, 1.54) is 11.3 Å². The van der Waals surface area contributed by atoms with Crippen molar-refractivity contribution in [1.29, 1.82) is 0 Å². The number of pyridine rings is 2. The third kappa shape index (κ3) is 5.74. The topological polar surface area (TPSA) is 118 Å². The van der Waals surface area contributed by atoms with E-state index in [0.717, 1.165) is 52.3 Å². The van der Waals surface area contributed by atoms with E-state index in [1.807, 2.05) is 36.4 Å². The Bertz CT molecular complexity index is 1200. The largest absolute Gasteiger partial charge is 0.315 e. The first kappa shape index (κ1) is 21.5. The molecule has 2 N–H and O–H groups in total. The van der Waals surface area contributed by atoms with Gasteiger partial charge < -0.3 is 10.6 Å². The molecular formula is C22H22N8OS2. The van der Waals surface area contributed by atoms with E-state index in [4.69, 9.17) is 0 Å². The summed E-state index contributed by atoms with van der Waals surface area (Å²) in [5.74, 6) is 1.57. The molecule has 9 nitrogen and oxygen atoms in total. The minimum atomic E-state index is -0.135. The highest BCUT2D eigenvalue weighted by Crippen LogP contribution is 2.41. The predicted octanol–water partition coefficient (Wildman–Crippen LogP) is 4.23. The molecule has 168 valence electrons. The van der Waals surface area contributed by atoms with Crippen molar-refractivity contribution >= 4 is 44.7 Å². The van der Waals surface area contributed by atoms with Gasteiger partial charge in [0.15, 0.2) is 0 Å². The molecule has 4 aromatic heterocycles. The van der Waals surface area contributed by atoms with Crippen molar-refractivity contribution in [3.63, 3.8) is 0 Å². The van der Waals surface area contributed by atoms with Gasteiger partial charge in [0.2, 0.25) is 16.2 Å². The summed E-state index contributed by atoms with van der Waals surface area (Å²) in [6.07, 6.45) is 7.78. The molecule has 11 heteroatoms. The Morgan fingerprint density at radius 1 is 0.939 bits per heavy atom. The van der Waals surface area contributed by atoms with Gasteiger partial charge in [-0.1, -0.05) is 34.8 Å². The standard InChI is InChI=1S/C22H22N8OS2/c31-18(13-16-5-1-3-9-23-16)26-22-29-27-19(32-22)12-14-7-8-15(11-14)20-28-30-21(33-20)25-17-6-2-4-10-24-17/h1-6,9-10,14-15H,7-8,11-13H2,(H,24,25,30)(H,26,29,31)/t14?,15-/m0/s1. The van der Waals surface area contributed by atoms with Gasteiger partial charge in [-0.05, 0) is 49.4 Å². The van der Waals surface area contributed by atoms with Crippen molar-refractivity contribution in [3.8, 4) is 0 Å². The maximum Gasteiger partial charge on any atom is 0.232 e. The third-order valence-corrected chi connectivity index (χ3v) is 7.34. The molecule has 4 aromatic rings. The molecule has 1 unspecified atom stereocenters. The normalized spacial score (nSPS) is 17.7. The summed E-state index contributed by atoms with van der Waals surface area (Å²) < 4.78 is 0. The summed E-state index contributed by atoms with van der Waals surface area (Å²) in [5, 5.41) is 26.5. The summed E-state index contributed by atoms with van der Waals surface area (Å²) in [6.45, 7) is 0. The van der Waals surface area contributed by atoms with Crippen LogP contribution in [-0.4, -0.2) is 36.3 Å². The molecule has 1 saturated carbocycles. The fraction of sp³-hybridized carbons (Fsp3) is 0.318. The minimum absolute atomic E-state index is 0.135. The second-order valence-corrected chi connectivity index (χ2v) is 9.98. The van der Waals surface area contributed by atoms with Crippen LogP contribution in [0.15, 0.2) is 48.8 Å². The van der Waals surface area contributed by atoms with Crippen molar-refractivity contribution in [2.75, 3.05) is 10.6 Å². The Balaban J connectivity index is 1.12. The molecule has 0 aromatic carbocycles. The van der Waals surface area contributed by atoms with Crippen molar-refractivity contribution in [2.24, 2.45) is 5.92 Å². The Morgan fingerprint density at radius 3 is 2.61 bits per heavy atom. The highest BCUT2D eigenvalue weighted by atomic mass is 32.1. The van der Waals surface area contributed by atoms with Crippen LogP contribution in [0.1, 0.15) is 40.9 Å². The predicted molar refractivity (Wildman–Crippen MR) is 128 cm³/mol. The molecule has 4 heterocycles. The Hall–Kier alpha value is -3.31. The van der Waals surface area contributed by atoms with E-state index in [2.05, 4.69) is 41.0 Å². The van der Waals surface area contributed by atoms with E-state index in [1.54, 1.807) is 23.7 Å². The van der Waals surface area contributed by atoms with Crippen LogP contribution in [0.25, 0.3) is 0 Å². The van der Waals surface area contributed by atoms with Crippen LogP contribution in [0.4, 0.5) is 16.1 Å². The van der Waals surface area contributed by atoms with Gasteiger partial charge >= 0.3 is 0 Å². The summed E-state index contributed by atoms with van der Waals surface area (Å²) in [6, 6.07) is 11.2. The van der Waals surface area contributed by atoms with Crippen molar-refractivity contribution in [1.82, 2.24) is 30.4 Å². The van der Waals surface area contributed by atoms with Gasteiger partial charge in [-0.25, -0.2) is 4.98 Å². The van der Waals surface area contributed by atoms with Crippen molar-refractivity contribution in [3.05, 3.63) is 64.5 Å². The van der Waals surface area contributed by atoms with Crippen molar-refractivity contribution in [2.45, 2.75) is 38.0 Å². The molecule has 0 bridgehead atoms. The van der Waals surface area contributed by atoms with Gasteiger partial charge in [-0.2, -0.15) is 0 Å². The van der Waals surface area contributed by atoms with E-state index in [9.17, 15) is 4.79 Å². The van der Waals surface area contributed by atoms with E-state index in [-0.39, 0.29) is 12.3 Å². The van der Waals surface area contributed by atoms with Crippen LogP contribution in [-0.2, 0) is 17.6 Å². The van der Waals surface area contributed by atoms with Gasteiger partial charge in [0.1, 0.15) is 15.8 Å². The average Bonchev–Trinajstić information content (AvgIpc) is 3.57. The van der Waals surface area contributed by atoms with Crippen LogP contribution in [0.5, 0.6) is 0 Å². The maximum atomic E-state index is 12.2. The van der Waals surface area contributed by atoms with E-state index >= 15 is 0 Å². The number of nitrogens with zero attached hydrogens (tertiary/aromatic N) is 6. The first-order chi connectivity index (χ1) is 16.2. The number of nitrogens with one attached hydrogen (secondary N) is 2. The van der Waals surface area contributed by atoms with Crippen LogP contribution in [0.2, 0.25) is 0 Å². The highest BCUT2D eigenvalue weighted by molar-refractivity contribution is 7.15. The third-order valence-electron chi connectivity index (χ3n) is 5.48. The minimum Gasteiger partial charge on any atom is -0.315 e. The number of carbonyl (C=O) groups is 1. The Morgan fingerprint density at radius 2 is 1.79 bits per heavy atom. The van der Waals surface area contributed by atoms with Gasteiger partial charge in [0.25, 0.3) is 0 Å². The monoisotopic (exact) mass is 478 g/mol. The lowest BCUT2D eigenvalue weighted by Crippen LogP contribution is -2.14. The zero-order chi connectivity index (χ0) is 22.5. The first-order valence-corrected chi connectivity index (χ1v) is 12.4. The second-order valence-electron chi connectivity index (χ2n) is 7.91.